The summed E-state index contributed by atoms with van der Waals surface area (Å²) in [5, 5.41) is 12.0. The molecule has 1 aliphatic heterocycles. The van der Waals surface area contributed by atoms with Crippen molar-refractivity contribution in [3.63, 3.8) is 0 Å². The van der Waals surface area contributed by atoms with E-state index in [1.54, 1.807) is 54.6 Å². The number of urea groups is 1. The molecule has 0 atom stereocenters. The van der Waals surface area contributed by atoms with Gasteiger partial charge in [0.15, 0.2) is 11.6 Å². The van der Waals surface area contributed by atoms with Gasteiger partial charge >= 0.3 is 6.03 Å². The smallest absolute Gasteiger partial charge is 0.314 e. The van der Waals surface area contributed by atoms with E-state index >= 15 is 0 Å². The lowest BCUT2D eigenvalue weighted by molar-refractivity contribution is 0.0949. The number of aromatic amines is 1. The van der Waals surface area contributed by atoms with Crippen LogP contribution in [0.5, 0.6) is 0 Å². The number of fused-ring (bicyclic) bond motifs is 1. The zero-order valence-electron chi connectivity index (χ0n) is 16.6. The first-order valence-corrected chi connectivity index (χ1v) is 9.56. The van der Waals surface area contributed by atoms with Gasteiger partial charge in [0.1, 0.15) is 0 Å². The fourth-order valence-corrected chi connectivity index (χ4v) is 3.39. The Bertz CT molecular complexity index is 1190. The van der Waals surface area contributed by atoms with Gasteiger partial charge in [-0.15, -0.1) is 0 Å². The molecule has 0 saturated carbocycles. The Morgan fingerprint density at radius 1 is 0.903 bits per heavy atom. The van der Waals surface area contributed by atoms with Crippen molar-refractivity contribution < 1.29 is 19.2 Å². The highest BCUT2D eigenvalue weighted by atomic mass is 16.2. The highest BCUT2D eigenvalue weighted by molar-refractivity contribution is 6.12. The topological polar surface area (TPSA) is 124 Å². The average Bonchev–Trinajstić information content (AvgIpc) is 3.36. The Kier molecular flexibility index (Phi) is 5.31. The lowest BCUT2D eigenvalue weighted by Crippen LogP contribution is -2.40. The summed E-state index contributed by atoms with van der Waals surface area (Å²) in [4.78, 5) is 50.6. The van der Waals surface area contributed by atoms with Gasteiger partial charge < -0.3 is 10.2 Å². The lowest BCUT2D eigenvalue weighted by atomic mass is 10.0. The van der Waals surface area contributed by atoms with Gasteiger partial charge in [0, 0.05) is 16.7 Å². The largest absolute Gasteiger partial charge is 0.324 e. The van der Waals surface area contributed by atoms with Crippen molar-refractivity contribution in [1.82, 2.24) is 20.4 Å². The third-order valence-electron chi connectivity index (χ3n) is 4.98. The van der Waals surface area contributed by atoms with Crippen molar-refractivity contribution >= 4 is 29.4 Å². The predicted octanol–water partition coefficient (Wildman–Crippen LogP) is 2.73. The Labute approximate surface area is 177 Å². The number of aromatic nitrogens is 2. The van der Waals surface area contributed by atoms with Crippen LogP contribution < -0.4 is 10.6 Å². The Hall–Kier alpha value is -4.27. The third kappa shape index (κ3) is 4.06. The molecule has 0 spiro atoms. The molecule has 0 aliphatic carbocycles. The number of hydrogen-bond acceptors (Lipinski definition) is 5. The summed E-state index contributed by atoms with van der Waals surface area (Å²) in [6, 6.07) is 14.4. The molecule has 9 heteroatoms. The number of nitrogens with one attached hydrogen (secondary N) is 3. The van der Waals surface area contributed by atoms with Crippen LogP contribution in [-0.2, 0) is 13.1 Å². The summed E-state index contributed by atoms with van der Waals surface area (Å²) >= 11 is 0. The third-order valence-corrected chi connectivity index (χ3v) is 4.98. The number of hydrogen-bond donors (Lipinski definition) is 3. The maximum atomic E-state index is 12.7. The zero-order chi connectivity index (χ0) is 22.0. The Balaban J connectivity index is 1.44. The van der Waals surface area contributed by atoms with Crippen molar-refractivity contribution in [2.75, 3.05) is 5.32 Å². The van der Waals surface area contributed by atoms with Crippen LogP contribution in [0.1, 0.15) is 49.3 Å². The highest BCUT2D eigenvalue weighted by Gasteiger charge is 2.30. The number of amides is 4. The van der Waals surface area contributed by atoms with E-state index in [9.17, 15) is 19.2 Å². The van der Waals surface area contributed by atoms with Crippen molar-refractivity contribution in [3.05, 3.63) is 82.5 Å². The second kappa shape index (κ2) is 8.23. The number of rotatable bonds is 4. The SMILES string of the molecule is CC(=O)c1ccccc1C(=O)Nc1n[nH]c2c1CN(C(=O)NC(=O)c1ccccc1)C2. The van der Waals surface area contributed by atoms with Gasteiger partial charge in [-0.05, 0) is 25.1 Å². The minimum Gasteiger partial charge on any atom is -0.314 e. The molecule has 0 saturated heterocycles. The fourth-order valence-electron chi connectivity index (χ4n) is 3.39. The molecule has 156 valence electrons. The van der Waals surface area contributed by atoms with Gasteiger partial charge in [-0.1, -0.05) is 36.4 Å². The molecular formula is C22H19N5O4. The van der Waals surface area contributed by atoms with E-state index in [0.29, 0.717) is 22.4 Å². The first kappa shape index (κ1) is 20.0. The molecule has 0 fully saturated rings. The molecule has 2 aromatic carbocycles. The molecule has 1 aliphatic rings. The molecule has 0 radical (unpaired) electrons. The maximum Gasteiger partial charge on any atom is 0.324 e. The van der Waals surface area contributed by atoms with Crippen LogP contribution in [0.4, 0.5) is 10.6 Å². The normalized spacial score (nSPS) is 12.2. The molecule has 9 nitrogen and oxygen atoms in total. The van der Waals surface area contributed by atoms with Crippen molar-refractivity contribution in [2.24, 2.45) is 0 Å². The molecule has 3 aromatic rings. The average molecular weight is 417 g/mol. The van der Waals surface area contributed by atoms with Gasteiger partial charge in [-0.3, -0.25) is 24.8 Å². The van der Waals surface area contributed by atoms with E-state index in [1.165, 1.54) is 11.8 Å². The monoisotopic (exact) mass is 417 g/mol. The van der Waals surface area contributed by atoms with Crippen LogP contribution in [0.15, 0.2) is 54.6 Å². The molecule has 3 N–H and O–H groups in total. The molecule has 0 unspecified atom stereocenters. The lowest BCUT2D eigenvalue weighted by Gasteiger charge is -2.16. The summed E-state index contributed by atoms with van der Waals surface area (Å²) in [5.41, 5.74) is 2.25. The fraction of sp³-hybridized carbons (Fsp3) is 0.136. The first-order chi connectivity index (χ1) is 14.9. The summed E-state index contributed by atoms with van der Waals surface area (Å²) in [5.74, 6) is -0.900. The number of carbonyl (C=O) groups excluding carboxylic acids is 4. The van der Waals surface area contributed by atoms with E-state index in [2.05, 4.69) is 20.8 Å². The van der Waals surface area contributed by atoms with Gasteiger partial charge in [0.25, 0.3) is 11.8 Å². The van der Waals surface area contributed by atoms with Gasteiger partial charge in [-0.25, -0.2) is 4.79 Å². The summed E-state index contributed by atoms with van der Waals surface area (Å²) in [6.07, 6.45) is 0. The molecule has 31 heavy (non-hydrogen) atoms. The van der Waals surface area contributed by atoms with Gasteiger partial charge in [-0.2, -0.15) is 5.10 Å². The van der Waals surface area contributed by atoms with E-state index in [-0.39, 0.29) is 30.3 Å². The number of imide groups is 1. The summed E-state index contributed by atoms with van der Waals surface area (Å²) in [6.45, 7) is 1.78. The second-order valence-corrected chi connectivity index (χ2v) is 7.07. The van der Waals surface area contributed by atoms with Crippen molar-refractivity contribution in [2.45, 2.75) is 20.0 Å². The van der Waals surface area contributed by atoms with Crippen LogP contribution in [0.3, 0.4) is 0 Å². The van der Waals surface area contributed by atoms with E-state index in [4.69, 9.17) is 0 Å². The molecule has 4 rings (SSSR count). The van der Waals surface area contributed by atoms with Crippen molar-refractivity contribution in [1.29, 1.82) is 0 Å². The molecule has 4 amide bonds. The summed E-state index contributed by atoms with van der Waals surface area (Å²) < 4.78 is 0. The van der Waals surface area contributed by atoms with Gasteiger partial charge in [0.2, 0.25) is 0 Å². The van der Waals surface area contributed by atoms with Crippen molar-refractivity contribution in [3.8, 4) is 0 Å². The quantitative estimate of drug-likeness (QED) is 0.563. The van der Waals surface area contributed by atoms with Crippen LogP contribution >= 0.6 is 0 Å². The van der Waals surface area contributed by atoms with Crippen LogP contribution in [-0.4, -0.2) is 38.7 Å². The number of anilines is 1. The number of carbonyl (C=O) groups is 4. The number of Topliss-reactive ketones (excluding diaryl/α,β-unsaturated/α-hetero) is 1. The Morgan fingerprint density at radius 3 is 2.29 bits per heavy atom. The van der Waals surface area contributed by atoms with Gasteiger partial charge in [0.05, 0.1) is 24.3 Å². The maximum absolute atomic E-state index is 12.7. The molecular weight excluding hydrogens is 398 g/mol. The Morgan fingerprint density at radius 2 is 1.58 bits per heavy atom. The molecule has 2 heterocycles. The highest BCUT2D eigenvalue weighted by Crippen LogP contribution is 2.27. The minimum absolute atomic E-state index is 0.170. The van der Waals surface area contributed by atoms with E-state index < -0.39 is 17.8 Å². The molecule has 1 aromatic heterocycles. The predicted molar refractivity (Wildman–Crippen MR) is 112 cm³/mol. The zero-order valence-corrected chi connectivity index (χ0v) is 16.6. The summed E-state index contributed by atoms with van der Waals surface area (Å²) in [7, 11) is 0. The van der Waals surface area contributed by atoms with E-state index in [0.717, 1.165) is 0 Å². The standard InChI is InChI=1S/C22H19N5O4/c1-13(28)15-9-5-6-10-16(15)21(30)23-19-17-11-27(12-18(17)25-26-19)22(31)24-20(29)14-7-3-2-4-8-14/h2-10H,11-12H2,1H3,(H,24,29,31)(H2,23,25,26,30). The number of H-pyrrole nitrogens is 1. The van der Waals surface area contributed by atoms with Crippen LogP contribution in [0.2, 0.25) is 0 Å². The first-order valence-electron chi connectivity index (χ1n) is 9.56. The number of ketones is 1. The van der Waals surface area contributed by atoms with E-state index in [1.807, 2.05) is 0 Å². The van der Waals surface area contributed by atoms with Crippen LogP contribution in [0, 0.1) is 0 Å². The van der Waals surface area contributed by atoms with Crippen LogP contribution in [0.25, 0.3) is 0 Å². The number of benzene rings is 2. The number of nitrogens with zero attached hydrogens (tertiary/aromatic N) is 2. The minimum atomic E-state index is -0.544. The molecule has 0 bridgehead atoms. The second-order valence-electron chi connectivity index (χ2n) is 7.07.